The van der Waals surface area contributed by atoms with Crippen LogP contribution in [0.3, 0.4) is 0 Å². The highest BCUT2D eigenvalue weighted by Crippen LogP contribution is 2.22. The Morgan fingerprint density at radius 1 is 1.19 bits per heavy atom. The second-order valence-corrected chi connectivity index (χ2v) is 6.24. The van der Waals surface area contributed by atoms with Crippen LogP contribution < -0.4 is 4.90 Å². The summed E-state index contributed by atoms with van der Waals surface area (Å²) in [4.78, 5) is 14.1. The topological polar surface area (TPSA) is 84.1 Å². The van der Waals surface area contributed by atoms with Crippen LogP contribution in [0.4, 0.5) is 10.1 Å². The molecule has 7 nitrogen and oxygen atoms in total. The van der Waals surface area contributed by atoms with E-state index in [2.05, 4.69) is 15.5 Å². The van der Waals surface area contributed by atoms with Gasteiger partial charge in [-0.3, -0.25) is 4.79 Å². The minimum absolute atomic E-state index is 0.129. The largest absolute Gasteiger partial charge is 0.508 e. The molecule has 0 unspecified atom stereocenters. The number of aromatic hydroxyl groups is 1. The number of hydrogen-bond donors (Lipinski definition) is 1. The molecule has 0 aliphatic heterocycles. The predicted molar refractivity (Wildman–Crippen MR) is 96.0 cm³/mol. The van der Waals surface area contributed by atoms with Gasteiger partial charge >= 0.3 is 0 Å². The number of anilines is 1. The zero-order chi connectivity index (χ0) is 18.5. The Morgan fingerprint density at radius 3 is 2.54 bits per heavy atom. The molecule has 26 heavy (non-hydrogen) atoms. The lowest BCUT2D eigenvalue weighted by molar-refractivity contribution is -0.116. The molecular weight excluding hydrogens is 357 g/mol. The molecule has 0 radical (unpaired) electrons. The SMILES string of the molecule is CCN(C(=O)CSc1nnnn1-c1ccc(O)cc1)c1ccc(F)cc1. The van der Waals surface area contributed by atoms with E-state index in [1.165, 1.54) is 40.7 Å². The number of aromatic nitrogens is 4. The van der Waals surface area contributed by atoms with Crippen LogP contribution in [0.15, 0.2) is 53.7 Å². The number of phenols is 1. The Balaban J connectivity index is 1.70. The quantitative estimate of drug-likeness (QED) is 0.669. The van der Waals surface area contributed by atoms with E-state index < -0.39 is 0 Å². The highest BCUT2D eigenvalue weighted by atomic mass is 32.2. The fourth-order valence-corrected chi connectivity index (χ4v) is 3.12. The van der Waals surface area contributed by atoms with E-state index in [1.807, 2.05) is 6.92 Å². The summed E-state index contributed by atoms with van der Waals surface area (Å²) in [5, 5.41) is 21.3. The van der Waals surface area contributed by atoms with Crippen LogP contribution in [-0.2, 0) is 4.79 Å². The molecule has 3 aromatic rings. The van der Waals surface area contributed by atoms with Crippen molar-refractivity contribution in [1.82, 2.24) is 20.2 Å². The molecule has 0 aliphatic carbocycles. The van der Waals surface area contributed by atoms with Gasteiger partial charge in [0.25, 0.3) is 0 Å². The summed E-state index contributed by atoms with van der Waals surface area (Å²) in [6, 6.07) is 12.2. The van der Waals surface area contributed by atoms with E-state index in [9.17, 15) is 14.3 Å². The van der Waals surface area contributed by atoms with E-state index in [1.54, 1.807) is 29.2 Å². The third-order valence-corrected chi connectivity index (χ3v) is 4.52. The minimum atomic E-state index is -0.347. The van der Waals surface area contributed by atoms with Crippen LogP contribution in [0, 0.1) is 5.82 Å². The second kappa shape index (κ2) is 7.96. The molecule has 1 N–H and O–H groups in total. The summed E-state index contributed by atoms with van der Waals surface area (Å²) in [6.45, 7) is 2.32. The standard InChI is InChI=1S/C17H16FN5O2S/c1-2-22(13-5-3-12(18)4-6-13)16(25)11-26-17-19-20-21-23(17)14-7-9-15(24)10-8-14/h3-10,24H,2,11H2,1H3. The lowest BCUT2D eigenvalue weighted by Gasteiger charge is -2.20. The van der Waals surface area contributed by atoms with Gasteiger partial charge in [-0.1, -0.05) is 11.8 Å². The van der Waals surface area contributed by atoms with Crippen LogP contribution >= 0.6 is 11.8 Å². The third-order valence-electron chi connectivity index (χ3n) is 3.62. The van der Waals surface area contributed by atoms with Gasteiger partial charge in [-0.25, -0.2) is 4.39 Å². The third kappa shape index (κ3) is 3.99. The van der Waals surface area contributed by atoms with E-state index in [4.69, 9.17) is 0 Å². The summed E-state index contributed by atoms with van der Waals surface area (Å²) in [7, 11) is 0. The number of tetrazole rings is 1. The Kier molecular flexibility index (Phi) is 5.47. The van der Waals surface area contributed by atoms with Gasteiger partial charge in [0, 0.05) is 12.2 Å². The Morgan fingerprint density at radius 2 is 1.88 bits per heavy atom. The van der Waals surface area contributed by atoms with E-state index in [-0.39, 0.29) is 23.2 Å². The lowest BCUT2D eigenvalue weighted by Crippen LogP contribution is -2.32. The van der Waals surface area contributed by atoms with Crippen LogP contribution in [0.2, 0.25) is 0 Å². The summed E-state index contributed by atoms with van der Waals surface area (Å²) >= 11 is 1.20. The van der Waals surface area contributed by atoms with Crippen molar-refractivity contribution in [2.24, 2.45) is 0 Å². The number of benzene rings is 2. The molecule has 0 atom stereocenters. The van der Waals surface area contributed by atoms with Gasteiger partial charge < -0.3 is 10.0 Å². The zero-order valence-corrected chi connectivity index (χ0v) is 14.7. The van der Waals surface area contributed by atoms with Gasteiger partial charge in [0.2, 0.25) is 11.1 Å². The molecule has 0 spiro atoms. The first kappa shape index (κ1) is 17.9. The molecule has 0 saturated heterocycles. The normalized spacial score (nSPS) is 10.7. The summed E-state index contributed by atoms with van der Waals surface area (Å²) < 4.78 is 14.6. The number of carbonyl (C=O) groups excluding carboxylic acids is 1. The first-order chi connectivity index (χ1) is 12.6. The number of phenolic OH excluding ortho intramolecular Hbond substituents is 1. The van der Waals surface area contributed by atoms with Crippen molar-refractivity contribution in [2.45, 2.75) is 12.1 Å². The molecule has 0 saturated carbocycles. The monoisotopic (exact) mass is 373 g/mol. The maximum atomic E-state index is 13.1. The average Bonchev–Trinajstić information content (AvgIpc) is 3.11. The molecule has 1 heterocycles. The predicted octanol–water partition coefficient (Wildman–Crippen LogP) is 2.65. The molecular formula is C17H16FN5O2S. The number of carbonyl (C=O) groups is 1. The van der Waals surface area contributed by atoms with Crippen molar-refractivity contribution in [3.63, 3.8) is 0 Å². The molecule has 9 heteroatoms. The highest BCUT2D eigenvalue weighted by Gasteiger charge is 2.17. The van der Waals surface area contributed by atoms with Crippen molar-refractivity contribution in [1.29, 1.82) is 0 Å². The van der Waals surface area contributed by atoms with Gasteiger partial charge in [-0.2, -0.15) is 4.68 Å². The van der Waals surface area contributed by atoms with Gasteiger partial charge in [-0.05, 0) is 65.9 Å². The zero-order valence-electron chi connectivity index (χ0n) is 13.9. The van der Waals surface area contributed by atoms with Gasteiger partial charge in [0.15, 0.2) is 0 Å². The smallest absolute Gasteiger partial charge is 0.237 e. The van der Waals surface area contributed by atoms with Crippen molar-refractivity contribution < 1.29 is 14.3 Å². The number of thioether (sulfide) groups is 1. The Hall–Kier alpha value is -2.94. The summed E-state index contributed by atoms with van der Waals surface area (Å²) in [5.74, 6) is -0.211. The van der Waals surface area contributed by atoms with Crippen LogP contribution in [-0.4, -0.2) is 43.5 Å². The maximum absolute atomic E-state index is 13.1. The van der Waals surface area contributed by atoms with Gasteiger partial charge in [0.1, 0.15) is 11.6 Å². The molecule has 1 amide bonds. The first-order valence-electron chi connectivity index (χ1n) is 7.85. The van der Waals surface area contributed by atoms with Crippen LogP contribution in [0.5, 0.6) is 5.75 Å². The van der Waals surface area contributed by atoms with E-state index in [0.29, 0.717) is 23.1 Å². The molecule has 0 aliphatic rings. The molecule has 3 rings (SSSR count). The minimum Gasteiger partial charge on any atom is -0.508 e. The Bertz CT molecular complexity index is 883. The fourth-order valence-electron chi connectivity index (χ4n) is 2.35. The van der Waals surface area contributed by atoms with Crippen molar-refractivity contribution in [3.8, 4) is 11.4 Å². The van der Waals surface area contributed by atoms with Crippen molar-refractivity contribution in [2.75, 3.05) is 17.2 Å². The average molecular weight is 373 g/mol. The van der Waals surface area contributed by atoms with Crippen molar-refractivity contribution in [3.05, 3.63) is 54.3 Å². The number of amides is 1. The van der Waals surface area contributed by atoms with E-state index in [0.717, 1.165) is 0 Å². The number of hydrogen-bond acceptors (Lipinski definition) is 6. The van der Waals surface area contributed by atoms with E-state index >= 15 is 0 Å². The van der Waals surface area contributed by atoms with Crippen molar-refractivity contribution >= 4 is 23.4 Å². The summed E-state index contributed by atoms with van der Waals surface area (Å²) in [5.41, 5.74) is 1.31. The first-order valence-corrected chi connectivity index (χ1v) is 8.83. The lowest BCUT2D eigenvalue weighted by atomic mass is 10.3. The van der Waals surface area contributed by atoms with Gasteiger partial charge in [-0.15, -0.1) is 5.10 Å². The molecule has 1 aromatic heterocycles. The van der Waals surface area contributed by atoms with Gasteiger partial charge in [0.05, 0.1) is 11.4 Å². The maximum Gasteiger partial charge on any atom is 0.237 e. The molecule has 2 aromatic carbocycles. The fraction of sp³-hybridized carbons (Fsp3) is 0.176. The molecule has 0 bridgehead atoms. The van der Waals surface area contributed by atoms with Crippen LogP contribution in [0.1, 0.15) is 6.92 Å². The number of halogens is 1. The summed E-state index contributed by atoms with van der Waals surface area (Å²) in [6.07, 6.45) is 0. The molecule has 134 valence electrons. The highest BCUT2D eigenvalue weighted by molar-refractivity contribution is 7.99. The number of rotatable bonds is 6. The second-order valence-electron chi connectivity index (χ2n) is 5.29. The number of nitrogens with zero attached hydrogens (tertiary/aromatic N) is 5. The molecule has 0 fully saturated rings. The van der Waals surface area contributed by atoms with Crippen LogP contribution in [0.25, 0.3) is 5.69 Å². The Labute approximate surface area is 153 Å².